The number of para-hydroxylation sites is 1. The summed E-state index contributed by atoms with van der Waals surface area (Å²) < 4.78 is 10.9. The van der Waals surface area contributed by atoms with Crippen molar-refractivity contribution in [1.29, 1.82) is 0 Å². The highest BCUT2D eigenvalue weighted by Gasteiger charge is 2.21. The molecule has 1 aliphatic rings. The van der Waals surface area contributed by atoms with Crippen molar-refractivity contribution < 1.29 is 9.47 Å². The van der Waals surface area contributed by atoms with Gasteiger partial charge in [-0.15, -0.1) is 24.0 Å². The van der Waals surface area contributed by atoms with Gasteiger partial charge in [0.05, 0.1) is 14.2 Å². The number of aliphatic imine (C=N–C) groups is 1. The van der Waals surface area contributed by atoms with E-state index < -0.39 is 0 Å². The highest BCUT2D eigenvalue weighted by atomic mass is 127. The number of H-pyrrole nitrogens is 1. The zero-order chi connectivity index (χ0) is 20.2. The molecular weight excluding hydrogens is 491 g/mol. The SMILES string of the molecule is CN=C(NCCc1c[nH]c2ccccc12)N1CCc2cc(OC)c(OC)cc2C1.I. The quantitative estimate of drug-likeness (QED) is 0.304. The molecule has 3 aromatic rings. The average Bonchev–Trinajstić information content (AvgIpc) is 3.18. The van der Waals surface area contributed by atoms with Crippen LogP contribution in [0.1, 0.15) is 16.7 Å². The minimum atomic E-state index is 0. The van der Waals surface area contributed by atoms with E-state index in [-0.39, 0.29) is 24.0 Å². The summed E-state index contributed by atoms with van der Waals surface area (Å²) >= 11 is 0. The lowest BCUT2D eigenvalue weighted by molar-refractivity contribution is 0.346. The van der Waals surface area contributed by atoms with Crippen LogP contribution in [0.5, 0.6) is 11.5 Å². The zero-order valence-electron chi connectivity index (χ0n) is 17.7. The van der Waals surface area contributed by atoms with Gasteiger partial charge in [-0.2, -0.15) is 0 Å². The summed E-state index contributed by atoms with van der Waals surface area (Å²) in [6.45, 7) is 2.57. The van der Waals surface area contributed by atoms with Crippen LogP contribution < -0.4 is 14.8 Å². The van der Waals surface area contributed by atoms with E-state index in [4.69, 9.17) is 9.47 Å². The van der Waals surface area contributed by atoms with Crippen LogP contribution in [0.4, 0.5) is 0 Å². The number of aromatic nitrogens is 1. The number of hydrogen-bond donors (Lipinski definition) is 2. The van der Waals surface area contributed by atoms with Crippen LogP contribution in [0.25, 0.3) is 10.9 Å². The Morgan fingerprint density at radius 3 is 2.60 bits per heavy atom. The summed E-state index contributed by atoms with van der Waals surface area (Å²) in [5.74, 6) is 2.50. The van der Waals surface area contributed by atoms with Crippen LogP contribution in [0.15, 0.2) is 47.6 Å². The number of nitrogens with zero attached hydrogens (tertiary/aromatic N) is 2. The lowest BCUT2D eigenvalue weighted by Crippen LogP contribution is -2.44. The summed E-state index contributed by atoms with van der Waals surface area (Å²) in [5, 5.41) is 4.82. The van der Waals surface area contributed by atoms with E-state index in [2.05, 4.69) is 62.8 Å². The molecule has 160 valence electrons. The molecule has 1 aliphatic heterocycles. The number of benzene rings is 2. The van der Waals surface area contributed by atoms with E-state index in [1.54, 1.807) is 14.2 Å². The van der Waals surface area contributed by atoms with Gasteiger partial charge in [0, 0.05) is 43.8 Å². The molecule has 2 aromatic carbocycles. The van der Waals surface area contributed by atoms with Gasteiger partial charge in [-0.3, -0.25) is 4.99 Å². The van der Waals surface area contributed by atoms with Gasteiger partial charge < -0.3 is 24.7 Å². The summed E-state index contributed by atoms with van der Waals surface area (Å²) in [7, 11) is 5.20. The molecule has 0 saturated carbocycles. The first kappa shape index (κ1) is 22.3. The van der Waals surface area contributed by atoms with Crippen molar-refractivity contribution in [3.63, 3.8) is 0 Å². The molecule has 6 nitrogen and oxygen atoms in total. The van der Waals surface area contributed by atoms with Gasteiger partial charge in [-0.05, 0) is 47.7 Å². The van der Waals surface area contributed by atoms with Crippen molar-refractivity contribution in [2.24, 2.45) is 4.99 Å². The van der Waals surface area contributed by atoms with Crippen molar-refractivity contribution in [3.8, 4) is 11.5 Å². The lowest BCUT2D eigenvalue weighted by atomic mass is 9.99. The van der Waals surface area contributed by atoms with E-state index in [9.17, 15) is 0 Å². The van der Waals surface area contributed by atoms with Crippen molar-refractivity contribution in [2.45, 2.75) is 19.4 Å². The van der Waals surface area contributed by atoms with Gasteiger partial charge in [0.2, 0.25) is 0 Å². The number of halogens is 1. The van der Waals surface area contributed by atoms with Crippen molar-refractivity contribution >= 4 is 40.8 Å². The first-order valence-corrected chi connectivity index (χ1v) is 9.98. The minimum absolute atomic E-state index is 0. The van der Waals surface area contributed by atoms with E-state index in [1.807, 2.05) is 7.05 Å². The molecule has 0 radical (unpaired) electrons. The fraction of sp³-hybridized carbons (Fsp3) is 0.348. The molecule has 2 heterocycles. The Morgan fingerprint density at radius 2 is 1.87 bits per heavy atom. The highest BCUT2D eigenvalue weighted by Crippen LogP contribution is 2.33. The second-order valence-corrected chi connectivity index (χ2v) is 7.23. The number of fused-ring (bicyclic) bond motifs is 2. The Balaban J connectivity index is 0.00000256. The lowest BCUT2D eigenvalue weighted by Gasteiger charge is -2.32. The van der Waals surface area contributed by atoms with E-state index in [0.717, 1.165) is 49.9 Å². The number of methoxy groups -OCH3 is 2. The van der Waals surface area contributed by atoms with E-state index >= 15 is 0 Å². The Labute approximate surface area is 194 Å². The normalized spacial score (nSPS) is 13.6. The molecule has 0 fully saturated rings. The topological polar surface area (TPSA) is 61.9 Å². The van der Waals surface area contributed by atoms with Gasteiger partial charge in [0.25, 0.3) is 0 Å². The third-order valence-electron chi connectivity index (χ3n) is 5.58. The number of hydrogen-bond acceptors (Lipinski definition) is 3. The van der Waals surface area contributed by atoms with Crippen LogP contribution >= 0.6 is 24.0 Å². The van der Waals surface area contributed by atoms with Crippen molar-refractivity contribution in [2.75, 3.05) is 34.4 Å². The van der Waals surface area contributed by atoms with E-state index in [1.165, 1.54) is 27.6 Å². The average molecular weight is 520 g/mol. The monoisotopic (exact) mass is 520 g/mol. The number of ether oxygens (including phenoxy) is 2. The highest BCUT2D eigenvalue weighted by molar-refractivity contribution is 14.0. The number of aromatic amines is 1. The number of nitrogens with one attached hydrogen (secondary N) is 2. The zero-order valence-corrected chi connectivity index (χ0v) is 20.0. The molecule has 0 unspecified atom stereocenters. The maximum atomic E-state index is 5.47. The smallest absolute Gasteiger partial charge is 0.193 e. The summed E-state index contributed by atoms with van der Waals surface area (Å²) in [5.41, 5.74) is 5.08. The first-order chi connectivity index (χ1) is 14.2. The predicted octanol–water partition coefficient (Wildman–Crippen LogP) is 3.98. The molecule has 0 bridgehead atoms. The molecule has 0 atom stereocenters. The first-order valence-electron chi connectivity index (χ1n) is 9.98. The maximum absolute atomic E-state index is 5.47. The minimum Gasteiger partial charge on any atom is -0.493 e. The summed E-state index contributed by atoms with van der Waals surface area (Å²) in [6, 6.07) is 12.6. The Bertz CT molecular complexity index is 1030. The summed E-state index contributed by atoms with van der Waals surface area (Å²) in [4.78, 5) is 10.1. The van der Waals surface area contributed by atoms with Crippen LogP contribution in [0.3, 0.4) is 0 Å². The van der Waals surface area contributed by atoms with Crippen LogP contribution in [-0.4, -0.2) is 50.2 Å². The third kappa shape index (κ3) is 4.50. The molecule has 0 spiro atoms. The Hall–Kier alpha value is -2.42. The van der Waals surface area contributed by atoms with Gasteiger partial charge in [-0.25, -0.2) is 0 Å². The fourth-order valence-electron chi connectivity index (χ4n) is 4.04. The molecular formula is C23H29IN4O2. The van der Waals surface area contributed by atoms with E-state index in [0.29, 0.717) is 0 Å². The molecule has 0 amide bonds. The summed E-state index contributed by atoms with van der Waals surface area (Å²) in [6.07, 6.45) is 4.00. The van der Waals surface area contributed by atoms with Crippen LogP contribution in [0.2, 0.25) is 0 Å². The van der Waals surface area contributed by atoms with Crippen LogP contribution in [-0.2, 0) is 19.4 Å². The van der Waals surface area contributed by atoms with Gasteiger partial charge in [0.1, 0.15) is 0 Å². The molecule has 30 heavy (non-hydrogen) atoms. The van der Waals surface area contributed by atoms with Gasteiger partial charge in [-0.1, -0.05) is 18.2 Å². The fourth-order valence-corrected chi connectivity index (χ4v) is 4.04. The van der Waals surface area contributed by atoms with Crippen molar-refractivity contribution in [3.05, 3.63) is 59.3 Å². The van der Waals surface area contributed by atoms with Gasteiger partial charge in [0.15, 0.2) is 17.5 Å². The number of rotatable bonds is 5. The molecule has 0 aliphatic carbocycles. The molecule has 0 saturated heterocycles. The second-order valence-electron chi connectivity index (χ2n) is 7.23. The Kier molecular flexibility index (Phi) is 7.47. The standard InChI is InChI=1S/C23H28N4O2.HI/c1-24-23(25-10-8-17-14-26-20-7-5-4-6-19(17)20)27-11-9-16-12-21(28-2)22(29-3)13-18(16)15-27;/h4-7,12-14,26H,8-11,15H2,1-3H3,(H,24,25);1H. The largest absolute Gasteiger partial charge is 0.493 e. The second kappa shape index (κ2) is 10.1. The van der Waals surface area contributed by atoms with Crippen molar-refractivity contribution in [1.82, 2.24) is 15.2 Å². The third-order valence-corrected chi connectivity index (χ3v) is 5.58. The van der Waals surface area contributed by atoms with Crippen LogP contribution in [0, 0.1) is 0 Å². The van der Waals surface area contributed by atoms with Gasteiger partial charge >= 0.3 is 0 Å². The number of guanidine groups is 1. The molecule has 4 rings (SSSR count). The molecule has 2 N–H and O–H groups in total. The maximum Gasteiger partial charge on any atom is 0.193 e. The predicted molar refractivity (Wildman–Crippen MR) is 132 cm³/mol. The molecule has 1 aromatic heterocycles. The Morgan fingerprint density at radius 1 is 1.13 bits per heavy atom. The molecule has 7 heteroatoms.